The topological polar surface area (TPSA) is 89.6 Å². The van der Waals surface area contributed by atoms with Gasteiger partial charge in [0, 0.05) is 17.7 Å². The number of halogens is 3. The van der Waals surface area contributed by atoms with Crippen molar-refractivity contribution in [3.8, 4) is 17.4 Å². The van der Waals surface area contributed by atoms with Crippen molar-refractivity contribution in [2.75, 3.05) is 7.11 Å². The van der Waals surface area contributed by atoms with Crippen LogP contribution in [-0.4, -0.2) is 29.6 Å². The number of benzene rings is 1. The van der Waals surface area contributed by atoms with Gasteiger partial charge in [-0.3, -0.25) is 10.1 Å². The standard InChI is InChI=1S/C19H20F3N3O4/c1-18(2,3)25-17(27)24-16(26)14-9-13(28-4)10-15(23-14)29-12-7-5-6-11(8-12)19(20,21)22/h5-10H,1-4H3,(H2,24,25,26,27). The molecule has 0 fully saturated rings. The minimum Gasteiger partial charge on any atom is -0.496 e. The summed E-state index contributed by atoms with van der Waals surface area (Å²) in [7, 11) is 1.33. The van der Waals surface area contributed by atoms with Crippen LogP contribution in [0.5, 0.6) is 17.4 Å². The third kappa shape index (κ3) is 6.66. The van der Waals surface area contributed by atoms with E-state index in [1.54, 1.807) is 20.8 Å². The summed E-state index contributed by atoms with van der Waals surface area (Å²) >= 11 is 0. The fraction of sp³-hybridized carbons (Fsp3) is 0.316. The second-order valence-corrected chi connectivity index (χ2v) is 7.02. The molecule has 0 atom stereocenters. The Kier molecular flexibility index (Phi) is 6.35. The lowest BCUT2D eigenvalue weighted by Crippen LogP contribution is -2.48. The van der Waals surface area contributed by atoms with E-state index in [2.05, 4.69) is 15.6 Å². The summed E-state index contributed by atoms with van der Waals surface area (Å²) in [4.78, 5) is 28.1. The van der Waals surface area contributed by atoms with Gasteiger partial charge in [0.15, 0.2) is 0 Å². The number of hydrogen-bond acceptors (Lipinski definition) is 5. The summed E-state index contributed by atoms with van der Waals surface area (Å²) in [6.07, 6.45) is -4.54. The van der Waals surface area contributed by atoms with Crippen molar-refractivity contribution in [3.05, 3.63) is 47.7 Å². The van der Waals surface area contributed by atoms with Gasteiger partial charge >= 0.3 is 12.2 Å². The van der Waals surface area contributed by atoms with Crippen LogP contribution in [0.2, 0.25) is 0 Å². The highest BCUT2D eigenvalue weighted by atomic mass is 19.4. The Balaban J connectivity index is 2.25. The number of pyridine rings is 1. The van der Waals surface area contributed by atoms with Gasteiger partial charge in [0.2, 0.25) is 5.88 Å². The van der Waals surface area contributed by atoms with Crippen molar-refractivity contribution in [2.45, 2.75) is 32.5 Å². The lowest BCUT2D eigenvalue weighted by Gasteiger charge is -2.20. The average Bonchev–Trinajstić information content (AvgIpc) is 2.59. The Morgan fingerprint density at radius 1 is 1.03 bits per heavy atom. The van der Waals surface area contributed by atoms with E-state index in [-0.39, 0.29) is 23.1 Å². The molecule has 1 aromatic heterocycles. The van der Waals surface area contributed by atoms with E-state index in [4.69, 9.17) is 9.47 Å². The molecule has 0 spiro atoms. The summed E-state index contributed by atoms with van der Waals surface area (Å²) in [6.45, 7) is 5.21. The molecule has 0 aliphatic rings. The molecule has 0 aliphatic heterocycles. The van der Waals surface area contributed by atoms with Gasteiger partial charge in [0.05, 0.1) is 12.7 Å². The molecular formula is C19H20F3N3O4. The molecule has 2 rings (SSSR count). The third-order valence-corrected chi connectivity index (χ3v) is 3.34. The molecule has 0 saturated heterocycles. The Morgan fingerprint density at radius 3 is 2.31 bits per heavy atom. The number of hydrogen-bond donors (Lipinski definition) is 2. The first-order valence-electron chi connectivity index (χ1n) is 8.42. The highest BCUT2D eigenvalue weighted by molar-refractivity contribution is 6.03. The maximum Gasteiger partial charge on any atom is 0.416 e. The van der Waals surface area contributed by atoms with Crippen molar-refractivity contribution < 1.29 is 32.2 Å². The molecule has 7 nitrogen and oxygen atoms in total. The van der Waals surface area contributed by atoms with Crippen LogP contribution in [-0.2, 0) is 6.18 Å². The highest BCUT2D eigenvalue weighted by Gasteiger charge is 2.30. The van der Waals surface area contributed by atoms with Gasteiger partial charge in [0.1, 0.15) is 17.2 Å². The maximum atomic E-state index is 12.9. The van der Waals surface area contributed by atoms with Gasteiger partial charge < -0.3 is 14.8 Å². The van der Waals surface area contributed by atoms with Gasteiger partial charge in [-0.25, -0.2) is 9.78 Å². The number of nitrogens with zero attached hydrogens (tertiary/aromatic N) is 1. The Labute approximate surface area is 165 Å². The molecule has 0 radical (unpaired) electrons. The molecule has 2 aromatic rings. The van der Waals surface area contributed by atoms with Crippen LogP contribution in [0.15, 0.2) is 36.4 Å². The molecule has 156 valence electrons. The molecule has 2 N–H and O–H groups in total. The van der Waals surface area contributed by atoms with Gasteiger partial charge in [-0.15, -0.1) is 0 Å². The van der Waals surface area contributed by atoms with Crippen LogP contribution < -0.4 is 20.1 Å². The molecule has 29 heavy (non-hydrogen) atoms. The number of nitrogens with one attached hydrogen (secondary N) is 2. The first kappa shape index (κ1) is 22.0. The lowest BCUT2D eigenvalue weighted by molar-refractivity contribution is -0.137. The summed E-state index contributed by atoms with van der Waals surface area (Å²) in [5, 5.41) is 4.67. The number of alkyl halides is 3. The van der Waals surface area contributed by atoms with Gasteiger partial charge in [0.25, 0.3) is 5.91 Å². The van der Waals surface area contributed by atoms with Crippen LogP contribution in [0.1, 0.15) is 36.8 Å². The number of carbonyl (C=O) groups is 2. The number of urea groups is 1. The molecule has 0 unspecified atom stereocenters. The zero-order valence-electron chi connectivity index (χ0n) is 16.2. The van der Waals surface area contributed by atoms with E-state index in [1.807, 2.05) is 0 Å². The van der Waals surface area contributed by atoms with Crippen LogP contribution >= 0.6 is 0 Å². The van der Waals surface area contributed by atoms with Crippen molar-refractivity contribution in [1.29, 1.82) is 0 Å². The van der Waals surface area contributed by atoms with Crippen molar-refractivity contribution >= 4 is 11.9 Å². The van der Waals surface area contributed by atoms with E-state index in [0.717, 1.165) is 12.1 Å². The fourth-order valence-corrected chi connectivity index (χ4v) is 2.16. The predicted octanol–water partition coefficient (Wildman–Crippen LogP) is 4.14. The van der Waals surface area contributed by atoms with Crippen LogP contribution in [0.4, 0.5) is 18.0 Å². The van der Waals surface area contributed by atoms with Crippen molar-refractivity contribution in [3.63, 3.8) is 0 Å². The van der Waals surface area contributed by atoms with Gasteiger partial charge in [-0.05, 0) is 39.0 Å². The second kappa shape index (κ2) is 8.38. The Hall–Kier alpha value is -3.30. The Bertz CT molecular complexity index is 908. The monoisotopic (exact) mass is 411 g/mol. The summed E-state index contributed by atoms with van der Waals surface area (Å²) in [5.74, 6) is -0.967. The summed E-state index contributed by atoms with van der Waals surface area (Å²) in [5.41, 5.74) is -1.67. The van der Waals surface area contributed by atoms with Crippen LogP contribution in [0, 0.1) is 0 Å². The number of rotatable bonds is 4. The maximum absolute atomic E-state index is 12.9. The van der Waals surface area contributed by atoms with E-state index >= 15 is 0 Å². The third-order valence-electron chi connectivity index (χ3n) is 3.34. The molecule has 0 bridgehead atoms. The molecule has 1 heterocycles. The highest BCUT2D eigenvalue weighted by Crippen LogP contribution is 2.33. The van der Waals surface area contributed by atoms with Crippen molar-refractivity contribution in [1.82, 2.24) is 15.6 Å². The van der Waals surface area contributed by atoms with Gasteiger partial charge in [-0.2, -0.15) is 13.2 Å². The quantitative estimate of drug-likeness (QED) is 0.789. The number of carbonyl (C=O) groups excluding carboxylic acids is 2. The number of aromatic nitrogens is 1. The van der Waals surface area contributed by atoms with Crippen molar-refractivity contribution in [2.24, 2.45) is 0 Å². The second-order valence-electron chi connectivity index (χ2n) is 7.02. The van der Waals surface area contributed by atoms with Crippen LogP contribution in [0.25, 0.3) is 0 Å². The molecule has 1 aromatic carbocycles. The molecule has 3 amide bonds. The van der Waals surface area contributed by atoms with E-state index in [9.17, 15) is 22.8 Å². The predicted molar refractivity (Wildman–Crippen MR) is 98.1 cm³/mol. The van der Waals surface area contributed by atoms with E-state index in [0.29, 0.717) is 0 Å². The summed E-state index contributed by atoms with van der Waals surface area (Å²) < 4.78 is 49.0. The van der Waals surface area contributed by atoms with Gasteiger partial charge in [-0.1, -0.05) is 6.07 Å². The van der Waals surface area contributed by atoms with E-state index in [1.165, 1.54) is 31.4 Å². The largest absolute Gasteiger partial charge is 0.496 e. The first-order chi connectivity index (χ1) is 13.4. The molecule has 10 heteroatoms. The van der Waals surface area contributed by atoms with E-state index < -0.39 is 29.2 Å². The molecular weight excluding hydrogens is 391 g/mol. The SMILES string of the molecule is COc1cc(Oc2cccc(C(F)(F)F)c2)nc(C(=O)NC(=O)NC(C)(C)C)c1. The molecule has 0 aliphatic carbocycles. The first-order valence-corrected chi connectivity index (χ1v) is 8.42. The normalized spacial score (nSPS) is 11.6. The lowest BCUT2D eigenvalue weighted by atomic mass is 10.1. The smallest absolute Gasteiger partial charge is 0.416 e. The zero-order valence-corrected chi connectivity index (χ0v) is 16.2. The average molecular weight is 411 g/mol. The van der Waals surface area contributed by atoms with Crippen LogP contribution in [0.3, 0.4) is 0 Å². The molecule has 0 saturated carbocycles. The number of ether oxygens (including phenoxy) is 2. The minimum absolute atomic E-state index is 0.127. The zero-order chi connectivity index (χ0) is 21.8. The number of imide groups is 1. The number of methoxy groups -OCH3 is 1. The fourth-order valence-electron chi connectivity index (χ4n) is 2.16. The minimum atomic E-state index is -4.54. The number of amides is 3. The summed E-state index contributed by atoms with van der Waals surface area (Å²) in [6, 6.07) is 6.03. The Morgan fingerprint density at radius 2 is 1.72 bits per heavy atom.